The number of methoxy groups -OCH3 is 1. The summed E-state index contributed by atoms with van der Waals surface area (Å²) in [5.74, 6) is 0. The van der Waals surface area contributed by atoms with Crippen molar-refractivity contribution in [1.29, 1.82) is 0 Å². The normalized spacial score (nSPS) is 18.0. The minimum absolute atomic E-state index is 0.0713. The third-order valence-electron chi connectivity index (χ3n) is 3.30. The van der Waals surface area contributed by atoms with Crippen LogP contribution in [-0.4, -0.2) is 36.9 Å². The average molecular weight is 275 g/mol. The summed E-state index contributed by atoms with van der Waals surface area (Å²) in [7, 11) is 1.50. The molecule has 2 N–H and O–H groups in total. The Morgan fingerprint density at radius 3 is 2.26 bits per heavy atom. The lowest BCUT2D eigenvalue weighted by atomic mass is 10.1. The summed E-state index contributed by atoms with van der Waals surface area (Å²) in [6.45, 7) is 8.28. The molecule has 0 saturated carbocycles. The molecule has 0 aliphatic rings. The molecule has 116 valence electrons. The van der Waals surface area contributed by atoms with Gasteiger partial charge >= 0.3 is 0 Å². The maximum Gasteiger partial charge on any atom is 0.169 e. The zero-order chi connectivity index (χ0) is 14.7. The monoisotopic (exact) mass is 275 g/mol. The molecule has 4 nitrogen and oxygen atoms in total. The Morgan fingerprint density at radius 2 is 1.74 bits per heavy atom. The van der Waals surface area contributed by atoms with Crippen LogP contribution in [-0.2, 0) is 9.47 Å². The Labute approximate surface area is 118 Å². The lowest BCUT2D eigenvalue weighted by Crippen LogP contribution is -2.45. The third-order valence-corrected chi connectivity index (χ3v) is 3.30. The predicted octanol–water partition coefficient (Wildman–Crippen LogP) is 3.04. The summed E-state index contributed by atoms with van der Waals surface area (Å²) in [6, 6.07) is -0.141. The SMILES string of the molecule is CCCCCC(CCC)OC(C)NC(C)C(O)OC. The highest BCUT2D eigenvalue weighted by Gasteiger charge is 2.18. The van der Waals surface area contributed by atoms with Crippen molar-refractivity contribution < 1.29 is 14.6 Å². The average Bonchev–Trinajstić information content (AvgIpc) is 2.38. The fourth-order valence-electron chi connectivity index (χ4n) is 2.21. The quantitative estimate of drug-likeness (QED) is 0.424. The summed E-state index contributed by atoms with van der Waals surface area (Å²) >= 11 is 0. The Hall–Kier alpha value is -0.160. The predicted molar refractivity (Wildman–Crippen MR) is 79.0 cm³/mol. The third kappa shape index (κ3) is 9.38. The Morgan fingerprint density at radius 1 is 1.05 bits per heavy atom. The van der Waals surface area contributed by atoms with E-state index in [2.05, 4.69) is 19.2 Å². The molecular weight excluding hydrogens is 242 g/mol. The Kier molecular flexibility index (Phi) is 11.6. The molecule has 4 heteroatoms. The van der Waals surface area contributed by atoms with Crippen molar-refractivity contribution in [2.75, 3.05) is 7.11 Å². The van der Waals surface area contributed by atoms with E-state index in [-0.39, 0.29) is 12.3 Å². The van der Waals surface area contributed by atoms with Crippen LogP contribution < -0.4 is 5.32 Å². The summed E-state index contributed by atoms with van der Waals surface area (Å²) in [5, 5.41) is 12.8. The highest BCUT2D eigenvalue weighted by molar-refractivity contribution is 4.66. The molecule has 0 aliphatic carbocycles. The van der Waals surface area contributed by atoms with E-state index in [9.17, 15) is 5.11 Å². The van der Waals surface area contributed by atoms with E-state index in [0.29, 0.717) is 6.10 Å². The minimum Gasteiger partial charge on any atom is -0.367 e. The number of nitrogens with one attached hydrogen (secondary N) is 1. The van der Waals surface area contributed by atoms with Crippen molar-refractivity contribution in [2.24, 2.45) is 0 Å². The van der Waals surface area contributed by atoms with Gasteiger partial charge in [0.15, 0.2) is 6.29 Å². The van der Waals surface area contributed by atoms with Crippen LogP contribution in [0.25, 0.3) is 0 Å². The molecule has 0 fully saturated rings. The van der Waals surface area contributed by atoms with Gasteiger partial charge in [-0.3, -0.25) is 5.32 Å². The second-order valence-electron chi connectivity index (χ2n) is 5.27. The van der Waals surface area contributed by atoms with Gasteiger partial charge in [-0.15, -0.1) is 0 Å². The van der Waals surface area contributed by atoms with Crippen molar-refractivity contribution >= 4 is 0 Å². The van der Waals surface area contributed by atoms with Crippen molar-refractivity contribution in [1.82, 2.24) is 5.32 Å². The van der Waals surface area contributed by atoms with Crippen LogP contribution in [0.15, 0.2) is 0 Å². The Bertz CT molecular complexity index is 202. The molecule has 19 heavy (non-hydrogen) atoms. The van der Waals surface area contributed by atoms with Crippen LogP contribution in [0.1, 0.15) is 66.2 Å². The van der Waals surface area contributed by atoms with Gasteiger partial charge in [0.1, 0.15) is 6.23 Å². The van der Waals surface area contributed by atoms with Crippen molar-refractivity contribution in [2.45, 2.75) is 90.9 Å². The molecule has 4 unspecified atom stereocenters. The Balaban J connectivity index is 4.03. The molecule has 0 amide bonds. The van der Waals surface area contributed by atoms with E-state index in [1.165, 1.54) is 26.4 Å². The highest BCUT2D eigenvalue weighted by atomic mass is 16.6. The molecule has 0 radical (unpaired) electrons. The first-order chi connectivity index (χ1) is 9.04. The van der Waals surface area contributed by atoms with Crippen LogP contribution >= 0.6 is 0 Å². The second kappa shape index (κ2) is 11.6. The largest absolute Gasteiger partial charge is 0.367 e. The van der Waals surface area contributed by atoms with Crippen LogP contribution in [0.3, 0.4) is 0 Å². The van der Waals surface area contributed by atoms with E-state index < -0.39 is 6.29 Å². The fraction of sp³-hybridized carbons (Fsp3) is 1.00. The zero-order valence-electron chi connectivity index (χ0n) is 13.3. The van der Waals surface area contributed by atoms with Crippen LogP contribution in [0.4, 0.5) is 0 Å². The molecule has 0 spiro atoms. The maximum absolute atomic E-state index is 9.55. The van der Waals surface area contributed by atoms with E-state index in [0.717, 1.165) is 19.3 Å². The number of aliphatic hydroxyl groups excluding tert-OH is 1. The minimum atomic E-state index is -0.796. The van der Waals surface area contributed by atoms with Gasteiger partial charge < -0.3 is 14.6 Å². The molecule has 0 rings (SSSR count). The number of hydrogen-bond acceptors (Lipinski definition) is 4. The highest BCUT2D eigenvalue weighted by Crippen LogP contribution is 2.14. The standard InChI is InChI=1S/C15H33NO3/c1-6-8-9-11-14(10-7-2)19-13(4)16-12(3)15(17)18-5/h12-17H,6-11H2,1-5H3. The lowest BCUT2D eigenvalue weighted by Gasteiger charge is -2.27. The molecule has 0 aromatic heterocycles. The number of unbranched alkanes of at least 4 members (excludes halogenated alkanes) is 2. The van der Waals surface area contributed by atoms with E-state index in [1.807, 2.05) is 13.8 Å². The summed E-state index contributed by atoms with van der Waals surface area (Å²) in [4.78, 5) is 0. The zero-order valence-corrected chi connectivity index (χ0v) is 13.3. The van der Waals surface area contributed by atoms with Gasteiger partial charge in [-0.05, 0) is 26.7 Å². The molecule has 4 atom stereocenters. The molecule has 0 aromatic rings. The first-order valence-electron chi connectivity index (χ1n) is 7.67. The van der Waals surface area contributed by atoms with Gasteiger partial charge in [-0.1, -0.05) is 39.5 Å². The lowest BCUT2D eigenvalue weighted by molar-refractivity contribution is -0.112. The van der Waals surface area contributed by atoms with Gasteiger partial charge in [0, 0.05) is 7.11 Å². The van der Waals surface area contributed by atoms with Crippen LogP contribution in [0, 0.1) is 0 Å². The molecular formula is C15H33NO3. The van der Waals surface area contributed by atoms with Gasteiger partial charge in [0.05, 0.1) is 12.1 Å². The van der Waals surface area contributed by atoms with Crippen LogP contribution in [0.2, 0.25) is 0 Å². The first-order valence-corrected chi connectivity index (χ1v) is 7.67. The molecule has 0 saturated heterocycles. The fourth-order valence-corrected chi connectivity index (χ4v) is 2.21. The molecule has 0 heterocycles. The number of hydrogen-bond donors (Lipinski definition) is 2. The van der Waals surface area contributed by atoms with E-state index in [4.69, 9.17) is 9.47 Å². The summed E-state index contributed by atoms with van der Waals surface area (Å²) in [6.07, 6.45) is 6.53. The van der Waals surface area contributed by atoms with Crippen LogP contribution in [0.5, 0.6) is 0 Å². The summed E-state index contributed by atoms with van der Waals surface area (Å²) in [5.41, 5.74) is 0. The molecule has 0 aliphatic heterocycles. The number of ether oxygens (including phenoxy) is 2. The van der Waals surface area contributed by atoms with Gasteiger partial charge in [-0.25, -0.2) is 0 Å². The van der Waals surface area contributed by atoms with E-state index >= 15 is 0 Å². The number of aliphatic hydroxyl groups is 1. The van der Waals surface area contributed by atoms with Crippen molar-refractivity contribution in [3.63, 3.8) is 0 Å². The second-order valence-corrected chi connectivity index (χ2v) is 5.27. The topological polar surface area (TPSA) is 50.7 Å². The first kappa shape index (κ1) is 18.8. The van der Waals surface area contributed by atoms with Gasteiger partial charge in [-0.2, -0.15) is 0 Å². The van der Waals surface area contributed by atoms with E-state index in [1.54, 1.807) is 0 Å². The smallest absolute Gasteiger partial charge is 0.169 e. The summed E-state index contributed by atoms with van der Waals surface area (Å²) < 4.78 is 10.9. The maximum atomic E-state index is 9.55. The van der Waals surface area contributed by atoms with Crippen molar-refractivity contribution in [3.8, 4) is 0 Å². The molecule has 0 aromatic carbocycles. The molecule has 0 bridgehead atoms. The number of rotatable bonds is 12. The van der Waals surface area contributed by atoms with Crippen molar-refractivity contribution in [3.05, 3.63) is 0 Å². The van der Waals surface area contributed by atoms with Gasteiger partial charge in [0.2, 0.25) is 0 Å². The van der Waals surface area contributed by atoms with Gasteiger partial charge in [0.25, 0.3) is 0 Å².